The van der Waals surface area contributed by atoms with Crippen molar-refractivity contribution in [1.29, 1.82) is 0 Å². The SMILES string of the molecule is CCNc1cn2ccnc2c(NN2CCOCC2)n1. The molecule has 0 bridgehead atoms. The zero-order chi connectivity index (χ0) is 13.1. The number of fused-ring (bicyclic) bond motifs is 1. The number of hydrogen-bond donors (Lipinski definition) is 2. The van der Waals surface area contributed by atoms with Gasteiger partial charge in [-0.1, -0.05) is 0 Å². The average molecular weight is 262 g/mol. The molecule has 1 saturated heterocycles. The van der Waals surface area contributed by atoms with Gasteiger partial charge in [0.05, 0.1) is 19.4 Å². The summed E-state index contributed by atoms with van der Waals surface area (Å²) < 4.78 is 7.30. The monoisotopic (exact) mass is 262 g/mol. The number of morpholine rings is 1. The van der Waals surface area contributed by atoms with Gasteiger partial charge >= 0.3 is 0 Å². The summed E-state index contributed by atoms with van der Waals surface area (Å²) in [6.07, 6.45) is 5.63. The van der Waals surface area contributed by atoms with Crippen LogP contribution in [0.5, 0.6) is 0 Å². The van der Waals surface area contributed by atoms with Crippen molar-refractivity contribution in [3.63, 3.8) is 0 Å². The molecule has 7 heteroatoms. The quantitative estimate of drug-likeness (QED) is 0.850. The molecule has 1 aliphatic rings. The van der Waals surface area contributed by atoms with E-state index in [1.165, 1.54) is 0 Å². The largest absolute Gasteiger partial charge is 0.379 e. The zero-order valence-corrected chi connectivity index (χ0v) is 11.0. The van der Waals surface area contributed by atoms with Crippen LogP contribution in [0, 0.1) is 0 Å². The number of ether oxygens (including phenoxy) is 1. The molecule has 3 rings (SSSR count). The molecular weight excluding hydrogens is 244 g/mol. The van der Waals surface area contributed by atoms with E-state index in [1.54, 1.807) is 6.20 Å². The summed E-state index contributed by atoms with van der Waals surface area (Å²) >= 11 is 0. The van der Waals surface area contributed by atoms with E-state index in [4.69, 9.17) is 4.74 Å². The van der Waals surface area contributed by atoms with Crippen molar-refractivity contribution in [1.82, 2.24) is 19.4 Å². The van der Waals surface area contributed by atoms with Crippen LogP contribution in [0.25, 0.3) is 5.65 Å². The fraction of sp³-hybridized carbons (Fsp3) is 0.500. The highest BCUT2D eigenvalue weighted by Crippen LogP contribution is 2.17. The van der Waals surface area contributed by atoms with Gasteiger partial charge in [0.15, 0.2) is 11.5 Å². The molecule has 7 nitrogen and oxygen atoms in total. The topological polar surface area (TPSA) is 66.7 Å². The van der Waals surface area contributed by atoms with Gasteiger partial charge in [-0.05, 0) is 6.92 Å². The maximum atomic E-state index is 5.34. The Labute approximate surface area is 111 Å². The first-order chi connectivity index (χ1) is 9.36. The van der Waals surface area contributed by atoms with Crippen LogP contribution < -0.4 is 10.7 Å². The van der Waals surface area contributed by atoms with E-state index in [0.717, 1.165) is 50.1 Å². The van der Waals surface area contributed by atoms with Gasteiger partial charge in [-0.3, -0.25) is 5.43 Å². The predicted molar refractivity (Wildman–Crippen MR) is 73.2 cm³/mol. The van der Waals surface area contributed by atoms with Crippen molar-refractivity contribution >= 4 is 17.3 Å². The summed E-state index contributed by atoms with van der Waals surface area (Å²) in [5.74, 6) is 1.61. The molecule has 102 valence electrons. The van der Waals surface area contributed by atoms with Crippen LogP contribution in [0.15, 0.2) is 18.6 Å². The van der Waals surface area contributed by atoms with Crippen molar-refractivity contribution in [2.45, 2.75) is 6.92 Å². The Balaban J connectivity index is 1.88. The highest BCUT2D eigenvalue weighted by atomic mass is 16.5. The standard InChI is InChI=1S/C12H18N6O/c1-2-13-10-9-17-4-3-14-12(17)11(15-10)16-18-5-7-19-8-6-18/h3-4,9,13H,2,5-8H2,1H3,(H,15,16). The van der Waals surface area contributed by atoms with Crippen LogP contribution >= 0.6 is 0 Å². The van der Waals surface area contributed by atoms with E-state index in [9.17, 15) is 0 Å². The normalized spacial score (nSPS) is 16.7. The summed E-state index contributed by atoms with van der Waals surface area (Å²) in [5, 5.41) is 5.33. The Hall–Kier alpha value is -1.86. The molecule has 0 unspecified atom stereocenters. The highest BCUT2D eigenvalue weighted by Gasteiger charge is 2.14. The van der Waals surface area contributed by atoms with Crippen molar-refractivity contribution < 1.29 is 4.74 Å². The molecule has 1 aliphatic heterocycles. The van der Waals surface area contributed by atoms with Gasteiger partial charge in [0, 0.05) is 32.0 Å². The van der Waals surface area contributed by atoms with Crippen molar-refractivity contribution in [2.24, 2.45) is 0 Å². The number of nitrogens with zero attached hydrogens (tertiary/aromatic N) is 4. The third kappa shape index (κ3) is 2.61. The third-order valence-electron chi connectivity index (χ3n) is 3.01. The molecule has 2 N–H and O–H groups in total. The Morgan fingerprint density at radius 3 is 3.00 bits per heavy atom. The van der Waals surface area contributed by atoms with Crippen LogP contribution in [0.2, 0.25) is 0 Å². The van der Waals surface area contributed by atoms with Gasteiger partial charge in [-0.15, -0.1) is 0 Å². The molecule has 0 amide bonds. The van der Waals surface area contributed by atoms with Gasteiger partial charge in [-0.25, -0.2) is 15.0 Å². The molecule has 0 aliphatic carbocycles. The number of hydrazine groups is 1. The molecule has 2 aromatic heterocycles. The van der Waals surface area contributed by atoms with Crippen molar-refractivity contribution in [2.75, 3.05) is 43.6 Å². The van der Waals surface area contributed by atoms with E-state index < -0.39 is 0 Å². The van der Waals surface area contributed by atoms with Crippen LogP contribution in [0.4, 0.5) is 11.6 Å². The molecule has 19 heavy (non-hydrogen) atoms. The fourth-order valence-electron chi connectivity index (χ4n) is 2.10. The molecule has 0 saturated carbocycles. The number of hydrogen-bond acceptors (Lipinski definition) is 6. The fourth-order valence-corrected chi connectivity index (χ4v) is 2.10. The number of aromatic nitrogens is 3. The van der Waals surface area contributed by atoms with E-state index in [-0.39, 0.29) is 0 Å². The predicted octanol–water partition coefficient (Wildman–Crippen LogP) is 0.820. The average Bonchev–Trinajstić information content (AvgIpc) is 2.89. The second-order valence-corrected chi connectivity index (χ2v) is 4.37. The molecule has 0 atom stereocenters. The second-order valence-electron chi connectivity index (χ2n) is 4.37. The van der Waals surface area contributed by atoms with Crippen molar-refractivity contribution in [3.05, 3.63) is 18.6 Å². The minimum atomic E-state index is 0.741. The summed E-state index contributed by atoms with van der Waals surface area (Å²) in [4.78, 5) is 8.91. The molecule has 1 fully saturated rings. The molecule has 0 radical (unpaired) electrons. The first kappa shape index (κ1) is 12.2. The lowest BCUT2D eigenvalue weighted by Crippen LogP contribution is -2.40. The minimum absolute atomic E-state index is 0.741. The summed E-state index contributed by atoms with van der Waals surface area (Å²) in [6, 6.07) is 0. The van der Waals surface area contributed by atoms with Crippen molar-refractivity contribution in [3.8, 4) is 0 Å². The van der Waals surface area contributed by atoms with E-state index in [2.05, 4.69) is 32.6 Å². The molecule has 3 heterocycles. The van der Waals surface area contributed by atoms with Crippen LogP contribution in [-0.2, 0) is 4.74 Å². The lowest BCUT2D eigenvalue weighted by molar-refractivity contribution is 0.0495. The van der Waals surface area contributed by atoms with Gasteiger partial charge in [0.1, 0.15) is 5.82 Å². The zero-order valence-electron chi connectivity index (χ0n) is 11.0. The molecule has 0 spiro atoms. The Bertz CT molecular complexity index is 548. The van der Waals surface area contributed by atoms with E-state index in [0.29, 0.717) is 0 Å². The van der Waals surface area contributed by atoms with Crippen LogP contribution in [-0.4, -0.2) is 52.2 Å². The Morgan fingerprint density at radius 2 is 2.21 bits per heavy atom. The third-order valence-corrected chi connectivity index (χ3v) is 3.01. The first-order valence-corrected chi connectivity index (χ1v) is 6.54. The number of imidazole rings is 1. The minimum Gasteiger partial charge on any atom is -0.379 e. The Kier molecular flexibility index (Phi) is 3.47. The Morgan fingerprint density at radius 1 is 1.37 bits per heavy atom. The number of rotatable bonds is 4. The van der Waals surface area contributed by atoms with Crippen LogP contribution in [0.1, 0.15) is 6.92 Å². The lowest BCUT2D eigenvalue weighted by atomic mass is 10.5. The maximum absolute atomic E-state index is 5.34. The highest BCUT2D eigenvalue weighted by molar-refractivity contribution is 5.64. The molecule has 2 aromatic rings. The first-order valence-electron chi connectivity index (χ1n) is 6.54. The second kappa shape index (κ2) is 5.41. The maximum Gasteiger partial charge on any atom is 0.186 e. The van der Waals surface area contributed by atoms with E-state index in [1.807, 2.05) is 16.8 Å². The summed E-state index contributed by atoms with van der Waals surface area (Å²) in [5.41, 5.74) is 4.15. The van der Waals surface area contributed by atoms with E-state index >= 15 is 0 Å². The van der Waals surface area contributed by atoms with Gasteiger partial charge in [0.25, 0.3) is 0 Å². The van der Waals surface area contributed by atoms with Crippen LogP contribution in [0.3, 0.4) is 0 Å². The lowest BCUT2D eigenvalue weighted by Gasteiger charge is -2.27. The molecule has 0 aromatic carbocycles. The van der Waals surface area contributed by atoms with Gasteiger partial charge in [-0.2, -0.15) is 0 Å². The number of nitrogens with one attached hydrogen (secondary N) is 2. The van der Waals surface area contributed by atoms with Gasteiger partial charge in [0.2, 0.25) is 0 Å². The smallest absolute Gasteiger partial charge is 0.186 e. The van der Waals surface area contributed by atoms with Gasteiger partial charge < -0.3 is 14.5 Å². The molecular formula is C12H18N6O. The summed E-state index contributed by atoms with van der Waals surface area (Å²) in [6.45, 7) is 6.06. The summed E-state index contributed by atoms with van der Waals surface area (Å²) in [7, 11) is 0. The number of anilines is 2.